The Morgan fingerprint density at radius 1 is 1.60 bits per heavy atom. The molecule has 0 aromatic carbocycles. The summed E-state index contributed by atoms with van der Waals surface area (Å²) in [7, 11) is 1.39. The van der Waals surface area contributed by atoms with Crippen LogP contribution in [0, 0.1) is 5.41 Å². The minimum atomic E-state index is -0.333. The van der Waals surface area contributed by atoms with E-state index in [0.717, 1.165) is 0 Å². The van der Waals surface area contributed by atoms with Crippen LogP contribution in [0.15, 0.2) is 0 Å². The van der Waals surface area contributed by atoms with Crippen molar-refractivity contribution in [1.82, 2.24) is 5.48 Å². The van der Waals surface area contributed by atoms with Gasteiger partial charge in [-0.1, -0.05) is 0 Å². The second kappa shape index (κ2) is 7.70. The van der Waals surface area contributed by atoms with Crippen molar-refractivity contribution in [3.63, 3.8) is 0 Å². The minimum Gasteiger partial charge on any atom is -0.370 e. The van der Waals surface area contributed by atoms with E-state index in [4.69, 9.17) is 5.41 Å². The van der Waals surface area contributed by atoms with Crippen LogP contribution in [-0.4, -0.2) is 19.0 Å². The summed E-state index contributed by atoms with van der Waals surface area (Å²) in [4.78, 5) is 14.0. The molecule has 0 fully saturated rings. The quantitative estimate of drug-likeness (QED) is 0.206. The van der Waals surface area contributed by atoms with E-state index in [9.17, 15) is 4.79 Å². The van der Waals surface area contributed by atoms with Crippen molar-refractivity contribution in [3.8, 4) is 0 Å². The van der Waals surface area contributed by atoms with Crippen LogP contribution in [0.5, 0.6) is 0 Å². The highest BCUT2D eigenvalue weighted by Crippen LogP contribution is 1.53. The normalized spacial score (nSPS) is 7.00. The molecule has 0 aliphatic carbocycles. The molecule has 0 aliphatic heterocycles. The summed E-state index contributed by atoms with van der Waals surface area (Å²) in [5.74, 6) is -0.516. The summed E-state index contributed by atoms with van der Waals surface area (Å²) in [6.45, 7) is 1.38. The molecule has 6 N–H and O–H groups in total. The number of nitrogens with two attached hydrogens (primary N) is 2. The number of amides is 1. The van der Waals surface area contributed by atoms with E-state index in [1.807, 2.05) is 0 Å². The molecule has 0 spiro atoms. The number of carbonyl (C=O) groups excluding carboxylic acids is 1. The number of carbonyl (C=O) groups is 1. The van der Waals surface area contributed by atoms with E-state index >= 15 is 0 Å². The smallest absolute Gasteiger partial charge is 0.240 e. The second-order valence-electron chi connectivity index (χ2n) is 1.32. The van der Waals surface area contributed by atoms with Crippen molar-refractivity contribution in [2.24, 2.45) is 11.5 Å². The first-order valence-electron chi connectivity index (χ1n) is 2.39. The van der Waals surface area contributed by atoms with Crippen LogP contribution in [0.1, 0.15) is 6.92 Å². The molecule has 0 heterocycles. The third-order valence-electron chi connectivity index (χ3n) is 0.246. The van der Waals surface area contributed by atoms with Gasteiger partial charge in [0.1, 0.15) is 0 Å². The average Bonchev–Trinajstić information content (AvgIpc) is 1.62. The highest BCUT2D eigenvalue weighted by Gasteiger charge is 1.79. The zero-order chi connectivity index (χ0) is 8.57. The van der Waals surface area contributed by atoms with Gasteiger partial charge in [-0.05, 0) is 0 Å². The maximum atomic E-state index is 9.81. The molecule has 0 saturated carbocycles. The largest absolute Gasteiger partial charge is 0.370 e. The lowest BCUT2D eigenvalue weighted by molar-refractivity contribution is -0.128. The molecule has 0 aromatic rings. The van der Waals surface area contributed by atoms with Gasteiger partial charge in [0.05, 0.1) is 7.11 Å². The van der Waals surface area contributed by atoms with Gasteiger partial charge in [0.25, 0.3) is 0 Å². The van der Waals surface area contributed by atoms with Crippen molar-refractivity contribution in [2.45, 2.75) is 6.92 Å². The fourth-order valence-electron chi connectivity index (χ4n) is 0.144. The summed E-state index contributed by atoms with van der Waals surface area (Å²) in [6.07, 6.45) is 0. The monoisotopic (exact) mass is 148 g/mol. The molecule has 0 bridgehead atoms. The van der Waals surface area contributed by atoms with Gasteiger partial charge in [0.15, 0.2) is 5.96 Å². The number of nitrogens with one attached hydrogen (secondary N) is 2. The van der Waals surface area contributed by atoms with E-state index in [1.54, 1.807) is 0 Å². The van der Waals surface area contributed by atoms with E-state index < -0.39 is 0 Å². The Balaban J connectivity index is 0. The van der Waals surface area contributed by atoms with Crippen molar-refractivity contribution >= 4 is 11.9 Å². The van der Waals surface area contributed by atoms with Gasteiger partial charge in [-0.15, -0.1) is 0 Å². The van der Waals surface area contributed by atoms with Crippen LogP contribution < -0.4 is 16.9 Å². The Morgan fingerprint density at radius 3 is 1.90 bits per heavy atom. The summed E-state index contributed by atoms with van der Waals surface area (Å²) in [5.41, 5.74) is 11.0. The molecule has 0 radical (unpaired) electrons. The molecule has 0 aromatic heterocycles. The third kappa shape index (κ3) is 75.3. The standard InChI is InChI=1S/C3H7NO2.CH5N3/c1-3(5)4-6-2;2-1(3)4/h1-2H3,(H,4,5);(H5,2,3,4). The van der Waals surface area contributed by atoms with Crippen LogP contribution >= 0.6 is 0 Å². The van der Waals surface area contributed by atoms with E-state index in [1.165, 1.54) is 14.0 Å². The molecule has 10 heavy (non-hydrogen) atoms. The maximum Gasteiger partial charge on any atom is 0.240 e. The molecule has 0 saturated heterocycles. The zero-order valence-corrected chi connectivity index (χ0v) is 5.97. The van der Waals surface area contributed by atoms with Crippen molar-refractivity contribution < 1.29 is 9.63 Å². The van der Waals surface area contributed by atoms with Gasteiger partial charge >= 0.3 is 0 Å². The highest BCUT2D eigenvalue weighted by atomic mass is 16.6. The van der Waals surface area contributed by atoms with Gasteiger partial charge < -0.3 is 11.5 Å². The molecule has 60 valence electrons. The number of rotatable bonds is 1. The van der Waals surface area contributed by atoms with Crippen LogP contribution in [0.3, 0.4) is 0 Å². The van der Waals surface area contributed by atoms with Crippen LogP contribution in [0.2, 0.25) is 0 Å². The lowest BCUT2D eigenvalue weighted by atomic mass is 10.8. The first kappa shape index (κ1) is 11.5. The summed E-state index contributed by atoms with van der Waals surface area (Å²) in [6, 6.07) is 0. The second-order valence-corrected chi connectivity index (χ2v) is 1.32. The molecule has 6 heteroatoms. The third-order valence-corrected chi connectivity index (χ3v) is 0.246. The van der Waals surface area contributed by atoms with Crippen LogP contribution in [-0.2, 0) is 9.63 Å². The molecule has 0 aliphatic rings. The van der Waals surface area contributed by atoms with E-state index in [2.05, 4.69) is 21.8 Å². The van der Waals surface area contributed by atoms with Gasteiger partial charge in [-0.3, -0.25) is 15.0 Å². The Morgan fingerprint density at radius 2 is 1.90 bits per heavy atom. The molecule has 1 amide bonds. The number of hydrogen-bond donors (Lipinski definition) is 4. The Labute approximate surface area is 59.0 Å². The first-order chi connectivity index (χ1) is 4.50. The predicted molar refractivity (Wildman–Crippen MR) is 36.9 cm³/mol. The molecule has 0 rings (SSSR count). The molecular weight excluding hydrogens is 136 g/mol. The fourth-order valence-corrected chi connectivity index (χ4v) is 0.144. The predicted octanol–water partition coefficient (Wildman–Crippen LogP) is -1.48. The molecule has 0 atom stereocenters. The van der Waals surface area contributed by atoms with Crippen molar-refractivity contribution in [1.29, 1.82) is 5.41 Å². The Kier molecular flexibility index (Phi) is 8.85. The molecular formula is C4H12N4O2. The number of guanidine groups is 1. The van der Waals surface area contributed by atoms with Gasteiger partial charge in [0, 0.05) is 6.92 Å². The van der Waals surface area contributed by atoms with Crippen LogP contribution in [0.25, 0.3) is 0 Å². The zero-order valence-electron chi connectivity index (χ0n) is 5.97. The van der Waals surface area contributed by atoms with Gasteiger partial charge in [0.2, 0.25) is 5.91 Å². The minimum absolute atomic E-state index is 0.183. The lowest BCUT2D eigenvalue weighted by Gasteiger charge is -1.90. The topological polar surface area (TPSA) is 114 Å². The summed E-state index contributed by atoms with van der Waals surface area (Å²) >= 11 is 0. The van der Waals surface area contributed by atoms with E-state index in [0.29, 0.717) is 0 Å². The SMILES string of the molecule is CONC(C)=O.N=C(N)N. The summed E-state index contributed by atoms with van der Waals surface area (Å²) < 4.78 is 0. The van der Waals surface area contributed by atoms with Gasteiger partial charge in [-0.2, -0.15) is 0 Å². The van der Waals surface area contributed by atoms with Crippen LogP contribution in [0.4, 0.5) is 0 Å². The Bertz CT molecular complexity index is 110. The molecule has 6 nitrogen and oxygen atoms in total. The van der Waals surface area contributed by atoms with Gasteiger partial charge in [-0.25, -0.2) is 5.48 Å². The Hall–Kier alpha value is -1.30. The average molecular weight is 148 g/mol. The lowest BCUT2D eigenvalue weighted by Crippen LogP contribution is -2.20. The van der Waals surface area contributed by atoms with Crippen molar-refractivity contribution in [2.75, 3.05) is 7.11 Å². The van der Waals surface area contributed by atoms with E-state index in [-0.39, 0.29) is 11.9 Å². The van der Waals surface area contributed by atoms with Crippen molar-refractivity contribution in [3.05, 3.63) is 0 Å². The fraction of sp³-hybridized carbons (Fsp3) is 0.500. The summed E-state index contributed by atoms with van der Waals surface area (Å²) in [5, 5.41) is 6.06. The highest BCUT2D eigenvalue weighted by molar-refractivity contribution is 5.71. The first-order valence-corrected chi connectivity index (χ1v) is 2.39. The molecule has 0 unspecified atom stereocenters. The number of hydroxylamine groups is 1. The number of hydrogen-bond acceptors (Lipinski definition) is 3. The maximum absolute atomic E-state index is 9.81.